The molecule has 0 amide bonds. The molecule has 23 heavy (non-hydrogen) atoms. The number of phenolic OH excluding ortho intramolecular Hbond substituents is 1. The van der Waals surface area contributed by atoms with Crippen LogP contribution in [0.1, 0.15) is 37.0 Å². The summed E-state index contributed by atoms with van der Waals surface area (Å²) in [4.78, 5) is 0. The van der Waals surface area contributed by atoms with Crippen LogP contribution in [-0.4, -0.2) is 18.7 Å². The highest BCUT2D eigenvalue weighted by Crippen LogP contribution is 2.13. The van der Waals surface area contributed by atoms with Crippen molar-refractivity contribution in [1.29, 1.82) is 0 Å². The molecule has 0 heterocycles. The van der Waals surface area contributed by atoms with Gasteiger partial charge in [0, 0.05) is 1.43 Å². The summed E-state index contributed by atoms with van der Waals surface area (Å²) in [7, 11) is 1.98. The van der Waals surface area contributed by atoms with Crippen molar-refractivity contribution in [2.45, 2.75) is 33.6 Å². The molecule has 0 aromatic heterocycles. The largest absolute Gasteiger partial charge is 0.508 e. The molecule has 126 valence electrons. The van der Waals surface area contributed by atoms with Crippen molar-refractivity contribution in [3.63, 3.8) is 0 Å². The van der Waals surface area contributed by atoms with Gasteiger partial charge in [0.1, 0.15) is 5.75 Å². The first kappa shape index (κ1) is 19.0. The van der Waals surface area contributed by atoms with Crippen LogP contribution in [0, 0.1) is 13.8 Å². The molecular formula is C21H31NO. The molecule has 2 aromatic carbocycles. The molecule has 0 bridgehead atoms. The van der Waals surface area contributed by atoms with Gasteiger partial charge >= 0.3 is 0 Å². The Labute approximate surface area is 142 Å². The average molecular weight is 313 g/mol. The first-order valence-corrected chi connectivity index (χ1v) is 8.23. The molecule has 0 aliphatic rings. The third kappa shape index (κ3) is 7.16. The van der Waals surface area contributed by atoms with Gasteiger partial charge in [-0.15, -0.1) is 0 Å². The lowest BCUT2D eigenvalue weighted by Gasteiger charge is -2.01. The first-order chi connectivity index (χ1) is 11.1. The molecule has 2 rings (SSSR count). The number of rotatable bonds is 5. The third-order valence-electron chi connectivity index (χ3n) is 3.78. The zero-order chi connectivity index (χ0) is 17.1. The van der Waals surface area contributed by atoms with E-state index in [4.69, 9.17) is 5.11 Å². The van der Waals surface area contributed by atoms with Gasteiger partial charge in [0.2, 0.25) is 0 Å². The minimum Gasteiger partial charge on any atom is -0.508 e. The summed E-state index contributed by atoms with van der Waals surface area (Å²) in [5.41, 5.74) is 5.13. The Balaban J connectivity index is 0.000000460. The van der Waals surface area contributed by atoms with Crippen LogP contribution in [0.3, 0.4) is 0 Å². The van der Waals surface area contributed by atoms with Crippen LogP contribution < -0.4 is 5.32 Å². The molecule has 0 atom stereocenters. The van der Waals surface area contributed by atoms with E-state index in [1.807, 2.05) is 27.0 Å². The van der Waals surface area contributed by atoms with Crippen molar-refractivity contribution in [2.75, 3.05) is 13.6 Å². The van der Waals surface area contributed by atoms with Crippen molar-refractivity contribution in [3.05, 3.63) is 70.8 Å². The molecule has 0 aliphatic heterocycles. The maximum absolute atomic E-state index is 8.94. The SMILES string of the molecule is CCc1ccccc1/C=C\CCNC.Cc1ccc(O)cc1C.[HH]. The second-order valence-corrected chi connectivity index (χ2v) is 5.62. The van der Waals surface area contributed by atoms with E-state index in [2.05, 4.69) is 48.7 Å². The monoisotopic (exact) mass is 313 g/mol. The van der Waals surface area contributed by atoms with Crippen molar-refractivity contribution in [2.24, 2.45) is 0 Å². The molecule has 0 fully saturated rings. The van der Waals surface area contributed by atoms with Crippen LogP contribution in [0.5, 0.6) is 5.75 Å². The molecule has 0 spiro atoms. The fraction of sp³-hybridized carbons (Fsp3) is 0.333. The molecule has 2 aromatic rings. The highest BCUT2D eigenvalue weighted by Gasteiger charge is 1.93. The van der Waals surface area contributed by atoms with E-state index in [-0.39, 0.29) is 1.43 Å². The number of phenols is 1. The van der Waals surface area contributed by atoms with E-state index in [1.54, 1.807) is 12.1 Å². The van der Waals surface area contributed by atoms with Gasteiger partial charge in [-0.2, -0.15) is 0 Å². The zero-order valence-corrected chi connectivity index (χ0v) is 14.8. The molecular weight excluding hydrogens is 282 g/mol. The standard InChI is InChI=1S/C13H19N.C8H10O.H2/c1-3-12-8-4-5-9-13(12)10-6-7-11-14-2;1-6-3-4-8(9)5-7(6)2;/h4-6,8-10,14H,3,7,11H2,1-2H3;3-5,9H,1-2H3;1H/b10-6-;;. The molecule has 0 unspecified atom stereocenters. The highest BCUT2D eigenvalue weighted by molar-refractivity contribution is 5.53. The lowest BCUT2D eigenvalue weighted by Crippen LogP contribution is -2.05. The fourth-order valence-corrected chi connectivity index (χ4v) is 2.18. The number of benzene rings is 2. The minimum atomic E-state index is 0. The number of nitrogens with one attached hydrogen (secondary N) is 1. The third-order valence-corrected chi connectivity index (χ3v) is 3.78. The molecule has 0 radical (unpaired) electrons. The first-order valence-electron chi connectivity index (χ1n) is 8.23. The maximum atomic E-state index is 8.94. The molecule has 2 nitrogen and oxygen atoms in total. The van der Waals surface area contributed by atoms with E-state index in [0.29, 0.717) is 5.75 Å². The normalized spacial score (nSPS) is 10.4. The Morgan fingerprint density at radius 1 is 1.09 bits per heavy atom. The van der Waals surface area contributed by atoms with Crippen LogP contribution in [0.2, 0.25) is 0 Å². The Morgan fingerprint density at radius 3 is 2.43 bits per heavy atom. The summed E-state index contributed by atoms with van der Waals surface area (Å²) in [6.07, 6.45) is 6.64. The van der Waals surface area contributed by atoms with Crippen molar-refractivity contribution < 1.29 is 6.53 Å². The van der Waals surface area contributed by atoms with Gasteiger partial charge in [0.15, 0.2) is 0 Å². The summed E-state index contributed by atoms with van der Waals surface area (Å²) in [5.74, 6) is 0.345. The predicted octanol–water partition coefficient (Wildman–Crippen LogP) is 5.13. The van der Waals surface area contributed by atoms with Crippen LogP contribution in [-0.2, 0) is 6.42 Å². The lowest BCUT2D eigenvalue weighted by atomic mass is 10.0. The Kier molecular flexibility index (Phi) is 8.78. The number of hydrogen-bond acceptors (Lipinski definition) is 2. The fourth-order valence-electron chi connectivity index (χ4n) is 2.18. The smallest absolute Gasteiger partial charge is 0.115 e. The zero-order valence-electron chi connectivity index (χ0n) is 14.8. The van der Waals surface area contributed by atoms with Crippen LogP contribution in [0.15, 0.2) is 48.5 Å². The van der Waals surface area contributed by atoms with E-state index < -0.39 is 0 Å². The number of aryl methyl sites for hydroxylation is 3. The van der Waals surface area contributed by atoms with Gasteiger partial charge in [-0.1, -0.05) is 49.4 Å². The van der Waals surface area contributed by atoms with Crippen molar-refractivity contribution in [1.82, 2.24) is 5.32 Å². The Morgan fingerprint density at radius 2 is 1.83 bits per heavy atom. The predicted molar refractivity (Wildman–Crippen MR) is 103 cm³/mol. The summed E-state index contributed by atoms with van der Waals surface area (Å²) in [6.45, 7) is 7.24. The van der Waals surface area contributed by atoms with E-state index >= 15 is 0 Å². The van der Waals surface area contributed by atoms with Gasteiger partial charge in [0.05, 0.1) is 0 Å². The number of hydrogen-bond donors (Lipinski definition) is 2. The van der Waals surface area contributed by atoms with E-state index in [0.717, 1.165) is 24.9 Å². The second-order valence-electron chi connectivity index (χ2n) is 5.62. The summed E-state index contributed by atoms with van der Waals surface area (Å²) in [6, 6.07) is 13.9. The van der Waals surface area contributed by atoms with E-state index in [9.17, 15) is 0 Å². The summed E-state index contributed by atoms with van der Waals surface area (Å²) in [5, 5.41) is 12.1. The van der Waals surface area contributed by atoms with Crippen LogP contribution in [0.25, 0.3) is 6.08 Å². The minimum absolute atomic E-state index is 0. The summed E-state index contributed by atoms with van der Waals surface area (Å²) < 4.78 is 0. The second kappa shape index (κ2) is 10.6. The summed E-state index contributed by atoms with van der Waals surface area (Å²) >= 11 is 0. The van der Waals surface area contributed by atoms with Gasteiger partial charge in [-0.25, -0.2) is 0 Å². The van der Waals surface area contributed by atoms with Crippen molar-refractivity contribution >= 4 is 6.08 Å². The lowest BCUT2D eigenvalue weighted by molar-refractivity contribution is 0.474. The van der Waals surface area contributed by atoms with Gasteiger partial charge in [0.25, 0.3) is 0 Å². The molecule has 0 saturated heterocycles. The van der Waals surface area contributed by atoms with Gasteiger partial charge < -0.3 is 10.4 Å². The van der Waals surface area contributed by atoms with Crippen LogP contribution in [0.4, 0.5) is 0 Å². The van der Waals surface area contributed by atoms with E-state index in [1.165, 1.54) is 16.7 Å². The molecule has 0 saturated carbocycles. The van der Waals surface area contributed by atoms with Crippen molar-refractivity contribution in [3.8, 4) is 5.75 Å². The Hall–Kier alpha value is -2.06. The topological polar surface area (TPSA) is 32.3 Å². The van der Waals surface area contributed by atoms with Gasteiger partial charge in [-0.05, 0) is 74.7 Å². The molecule has 2 N–H and O–H groups in total. The maximum Gasteiger partial charge on any atom is 0.115 e. The van der Waals surface area contributed by atoms with Crippen LogP contribution >= 0.6 is 0 Å². The molecule has 0 aliphatic carbocycles. The van der Waals surface area contributed by atoms with Gasteiger partial charge in [-0.3, -0.25) is 0 Å². The quantitative estimate of drug-likeness (QED) is 0.750. The molecule has 2 heteroatoms. The Bertz CT molecular complexity index is 623. The highest BCUT2D eigenvalue weighted by atomic mass is 16.3. The average Bonchev–Trinajstić information content (AvgIpc) is 2.56. The number of aromatic hydroxyl groups is 1.